The first-order valence-electron chi connectivity index (χ1n) is 16.4. The molecule has 0 aromatic heterocycles. The van der Waals surface area contributed by atoms with Crippen molar-refractivity contribution in [2.24, 2.45) is 11.3 Å². The largest absolute Gasteiger partial charge is 1.00 e. The van der Waals surface area contributed by atoms with Crippen LogP contribution in [0.25, 0.3) is 22.3 Å². The summed E-state index contributed by atoms with van der Waals surface area (Å²) in [6.07, 6.45) is 13.9. The molecule has 0 radical (unpaired) electrons. The molecule has 0 fully saturated rings. The first kappa shape index (κ1) is 35.6. The fourth-order valence-corrected chi connectivity index (χ4v) is 17.8. The number of benzene rings is 2. The van der Waals surface area contributed by atoms with Crippen molar-refractivity contribution in [2.45, 2.75) is 117 Å². The first-order chi connectivity index (χ1) is 19.5. The van der Waals surface area contributed by atoms with Crippen LogP contribution in [-0.2, 0) is 38.5 Å². The van der Waals surface area contributed by atoms with Gasteiger partial charge in [-0.25, -0.2) is 0 Å². The van der Waals surface area contributed by atoms with Crippen molar-refractivity contribution in [3.63, 3.8) is 0 Å². The maximum absolute atomic E-state index is 2.73. The molecule has 2 aromatic carbocycles. The van der Waals surface area contributed by atoms with Gasteiger partial charge in [-0.2, -0.15) is 0 Å². The van der Waals surface area contributed by atoms with Crippen LogP contribution >= 0.6 is 0 Å². The Kier molecular flexibility index (Phi) is 9.76. The second-order valence-electron chi connectivity index (χ2n) is 16.2. The fraction of sp³-hybridized carbons (Fsp3) is 0.488. The molecule has 0 aliphatic heterocycles. The van der Waals surface area contributed by atoms with Crippen LogP contribution in [0.2, 0.25) is 3.63 Å². The maximum Gasteiger partial charge on any atom is -1.00 e. The SMILES string of the molecule is CCC1C=C(C(C)(C)C)C=[C]1[Zr+2](=[C](C)C)[CH]1C=C(C)c2cc3c(cc2C1(C)C)Cc1cc2c(cc1-3)C(C)=CCC2(C)C.[Cl-].[Cl-]. The van der Waals surface area contributed by atoms with E-state index in [1.807, 2.05) is 3.28 Å². The van der Waals surface area contributed by atoms with Gasteiger partial charge < -0.3 is 24.8 Å². The molecule has 3 heteroatoms. The second kappa shape index (κ2) is 12.1. The first-order valence-corrected chi connectivity index (χ1v) is 20.2. The maximum atomic E-state index is 2.73. The summed E-state index contributed by atoms with van der Waals surface area (Å²) in [5.41, 5.74) is 17.1. The van der Waals surface area contributed by atoms with Crippen LogP contribution in [0.15, 0.2) is 57.4 Å². The number of halogens is 2. The summed E-state index contributed by atoms with van der Waals surface area (Å²) in [5, 5.41) is 0. The smallest absolute Gasteiger partial charge is 1.00 e. The van der Waals surface area contributed by atoms with Crippen LogP contribution in [-0.4, -0.2) is 3.21 Å². The molecular formula is C41H52Cl2Zr. The van der Waals surface area contributed by atoms with E-state index in [9.17, 15) is 0 Å². The molecule has 0 bridgehead atoms. The van der Waals surface area contributed by atoms with Gasteiger partial charge in [0, 0.05) is 0 Å². The van der Waals surface area contributed by atoms with E-state index in [1.165, 1.54) is 50.9 Å². The van der Waals surface area contributed by atoms with Gasteiger partial charge in [0.2, 0.25) is 0 Å². The van der Waals surface area contributed by atoms with Crippen molar-refractivity contribution in [2.75, 3.05) is 0 Å². The number of rotatable bonds is 3. The van der Waals surface area contributed by atoms with Crippen molar-refractivity contribution < 1.29 is 46.1 Å². The van der Waals surface area contributed by atoms with Gasteiger partial charge in [-0.05, 0) is 0 Å². The Balaban J connectivity index is 0.00000221. The van der Waals surface area contributed by atoms with Crippen molar-refractivity contribution in [1.29, 1.82) is 0 Å². The van der Waals surface area contributed by atoms with Crippen molar-refractivity contribution in [3.05, 3.63) is 90.8 Å². The van der Waals surface area contributed by atoms with Crippen LogP contribution in [0.3, 0.4) is 0 Å². The van der Waals surface area contributed by atoms with Gasteiger partial charge in [0.1, 0.15) is 0 Å². The molecule has 2 atom stereocenters. The Bertz CT molecular complexity index is 1680. The Morgan fingerprint density at radius 2 is 1.39 bits per heavy atom. The zero-order valence-corrected chi connectivity index (χ0v) is 33.1. The molecule has 6 rings (SSSR count). The summed E-state index contributed by atoms with van der Waals surface area (Å²) in [6, 6.07) is 10.3. The Labute approximate surface area is 288 Å². The molecule has 0 N–H and O–H groups in total. The van der Waals surface area contributed by atoms with E-state index < -0.39 is 21.3 Å². The Morgan fingerprint density at radius 3 is 1.93 bits per heavy atom. The second-order valence-corrected chi connectivity index (χ2v) is 23.7. The van der Waals surface area contributed by atoms with Crippen molar-refractivity contribution in [1.82, 2.24) is 0 Å². The van der Waals surface area contributed by atoms with Gasteiger partial charge in [-0.1, -0.05) is 0 Å². The predicted octanol–water partition coefficient (Wildman–Crippen LogP) is 5.56. The Morgan fingerprint density at radius 1 is 0.818 bits per heavy atom. The van der Waals surface area contributed by atoms with Crippen molar-refractivity contribution in [3.8, 4) is 11.1 Å². The van der Waals surface area contributed by atoms with E-state index in [0.29, 0.717) is 9.54 Å². The minimum absolute atomic E-state index is 0. The summed E-state index contributed by atoms with van der Waals surface area (Å²) in [7, 11) is 0. The molecule has 0 saturated heterocycles. The molecule has 0 amide bonds. The third kappa shape index (κ3) is 5.64. The molecule has 2 unspecified atom stereocenters. The molecule has 0 heterocycles. The number of hydrogen-bond donors (Lipinski definition) is 0. The average Bonchev–Trinajstić information content (AvgIpc) is 3.49. The van der Waals surface area contributed by atoms with Crippen LogP contribution < -0.4 is 24.8 Å². The third-order valence-electron chi connectivity index (χ3n) is 11.1. The molecule has 2 aromatic rings. The topological polar surface area (TPSA) is 0 Å². The van der Waals surface area contributed by atoms with Gasteiger partial charge >= 0.3 is 266 Å². The molecule has 234 valence electrons. The minimum atomic E-state index is -2.20. The van der Waals surface area contributed by atoms with E-state index in [1.54, 1.807) is 19.9 Å². The van der Waals surface area contributed by atoms with E-state index in [0.717, 1.165) is 12.8 Å². The van der Waals surface area contributed by atoms with Gasteiger partial charge in [-0.15, -0.1) is 0 Å². The standard InChI is InChI=1S/C27H29.C11H17.C3H6.2ClH.Zr/c1-16-7-9-26(3,4)24-12-18-11-19-13-25-21(17(2)8-10-27(25,5)6)15-23(19)22(18)14-20(16)24;1-5-9-6-7-10(8-9)11(2,3)4;1-3-2;;;/h7-9,12-15H,10-11H2,1-6H3;7-9H,5H2,1-4H3;1-2H3;2*1H;/q;;;;;+2/p-2. The normalized spacial score (nSPS) is 21.9. The van der Waals surface area contributed by atoms with Gasteiger partial charge in [0.25, 0.3) is 0 Å². The van der Waals surface area contributed by atoms with E-state index in [4.69, 9.17) is 0 Å². The van der Waals surface area contributed by atoms with E-state index in [2.05, 4.69) is 132 Å². The molecule has 44 heavy (non-hydrogen) atoms. The van der Waals surface area contributed by atoms with Crippen LogP contribution in [0.1, 0.15) is 129 Å². The van der Waals surface area contributed by atoms with E-state index >= 15 is 0 Å². The molecule has 4 aliphatic rings. The quantitative estimate of drug-likeness (QED) is 0.335. The molecule has 0 nitrogen and oxygen atoms in total. The summed E-state index contributed by atoms with van der Waals surface area (Å²) in [4.78, 5) is 0. The Hall–Kier alpha value is -1.27. The molecule has 4 aliphatic carbocycles. The van der Waals surface area contributed by atoms with Gasteiger partial charge in [-0.3, -0.25) is 0 Å². The molecule has 0 spiro atoms. The summed E-state index contributed by atoms with van der Waals surface area (Å²) < 4.78 is 4.20. The van der Waals surface area contributed by atoms with Crippen LogP contribution in [0.4, 0.5) is 0 Å². The van der Waals surface area contributed by atoms with E-state index in [-0.39, 0.29) is 41.1 Å². The zero-order chi connectivity index (χ0) is 30.5. The van der Waals surface area contributed by atoms with Crippen LogP contribution in [0, 0.1) is 11.3 Å². The fourth-order valence-electron chi connectivity index (χ4n) is 8.31. The monoisotopic (exact) mass is 704 g/mol. The summed E-state index contributed by atoms with van der Waals surface area (Å²) >= 11 is -2.20. The molecule has 0 saturated carbocycles. The van der Waals surface area contributed by atoms with Crippen LogP contribution in [0.5, 0.6) is 0 Å². The predicted molar refractivity (Wildman–Crippen MR) is 182 cm³/mol. The number of hydrogen-bond acceptors (Lipinski definition) is 0. The average molecular weight is 707 g/mol. The summed E-state index contributed by atoms with van der Waals surface area (Å²) in [5.74, 6) is 0.622. The van der Waals surface area contributed by atoms with Crippen molar-refractivity contribution >= 4 is 14.4 Å². The van der Waals surface area contributed by atoms with Gasteiger partial charge in [0.15, 0.2) is 0 Å². The molecular weight excluding hydrogens is 655 g/mol. The number of allylic oxidation sites excluding steroid dienone is 8. The minimum Gasteiger partial charge on any atom is -1.00 e. The summed E-state index contributed by atoms with van der Waals surface area (Å²) in [6.45, 7) is 29.1. The van der Waals surface area contributed by atoms with Gasteiger partial charge in [0.05, 0.1) is 0 Å². The third-order valence-corrected chi connectivity index (χ3v) is 20.3. The zero-order valence-electron chi connectivity index (χ0n) is 29.2. The number of fused-ring (bicyclic) bond motifs is 5.